The molecule has 0 amide bonds. The SMILES string of the molecule is Cc1ccc(/C(=C(/CC(=O)O)C(=O)O)c2cccs2)cc1. The molecule has 5 heteroatoms. The summed E-state index contributed by atoms with van der Waals surface area (Å²) in [6.45, 7) is 1.94. The van der Waals surface area contributed by atoms with Crippen LogP contribution in [-0.4, -0.2) is 22.2 Å². The second-order valence-corrected chi connectivity index (χ2v) is 5.52. The van der Waals surface area contributed by atoms with Crippen molar-refractivity contribution in [2.45, 2.75) is 13.3 Å². The topological polar surface area (TPSA) is 74.6 Å². The van der Waals surface area contributed by atoms with E-state index < -0.39 is 18.4 Å². The number of carboxylic acids is 2. The van der Waals surface area contributed by atoms with E-state index in [1.54, 1.807) is 6.07 Å². The van der Waals surface area contributed by atoms with Crippen LogP contribution in [-0.2, 0) is 9.59 Å². The van der Waals surface area contributed by atoms with Crippen molar-refractivity contribution in [1.29, 1.82) is 0 Å². The molecule has 0 radical (unpaired) electrons. The van der Waals surface area contributed by atoms with E-state index in [9.17, 15) is 14.7 Å². The Hall–Kier alpha value is -2.40. The lowest BCUT2D eigenvalue weighted by Gasteiger charge is -2.11. The predicted octanol–water partition coefficient (Wildman–Crippen LogP) is 3.42. The Morgan fingerprint density at radius 3 is 2.24 bits per heavy atom. The van der Waals surface area contributed by atoms with Gasteiger partial charge in [0.05, 0.1) is 12.0 Å². The Balaban J connectivity index is 2.67. The van der Waals surface area contributed by atoms with Crippen LogP contribution in [0.2, 0.25) is 0 Å². The lowest BCUT2D eigenvalue weighted by Crippen LogP contribution is -2.10. The highest BCUT2D eigenvalue weighted by atomic mass is 32.1. The Kier molecular flexibility index (Phi) is 4.55. The fourth-order valence-electron chi connectivity index (χ4n) is 2.03. The van der Waals surface area contributed by atoms with Crippen LogP contribution in [0.4, 0.5) is 0 Å². The quantitative estimate of drug-likeness (QED) is 0.830. The third kappa shape index (κ3) is 3.58. The van der Waals surface area contributed by atoms with E-state index >= 15 is 0 Å². The average Bonchev–Trinajstić information content (AvgIpc) is 2.93. The maximum Gasteiger partial charge on any atom is 0.332 e. The van der Waals surface area contributed by atoms with Gasteiger partial charge in [-0.15, -0.1) is 11.3 Å². The van der Waals surface area contributed by atoms with E-state index in [2.05, 4.69) is 0 Å². The molecule has 1 aromatic carbocycles. The van der Waals surface area contributed by atoms with Gasteiger partial charge in [0.25, 0.3) is 0 Å². The predicted molar refractivity (Wildman–Crippen MR) is 81.4 cm³/mol. The molecule has 0 spiro atoms. The van der Waals surface area contributed by atoms with Crippen molar-refractivity contribution in [3.05, 3.63) is 63.4 Å². The van der Waals surface area contributed by atoms with E-state index in [0.29, 0.717) is 11.1 Å². The molecule has 4 nitrogen and oxygen atoms in total. The number of carbonyl (C=O) groups is 2. The van der Waals surface area contributed by atoms with E-state index in [4.69, 9.17) is 5.11 Å². The van der Waals surface area contributed by atoms with Crippen molar-refractivity contribution in [1.82, 2.24) is 0 Å². The smallest absolute Gasteiger partial charge is 0.332 e. The summed E-state index contributed by atoms with van der Waals surface area (Å²) in [6.07, 6.45) is -0.517. The van der Waals surface area contributed by atoms with Gasteiger partial charge in [-0.05, 0) is 23.9 Å². The van der Waals surface area contributed by atoms with Crippen LogP contribution in [0.1, 0.15) is 22.4 Å². The minimum atomic E-state index is -1.21. The summed E-state index contributed by atoms with van der Waals surface area (Å²) in [5, 5.41) is 20.2. The molecule has 1 heterocycles. The largest absolute Gasteiger partial charge is 0.481 e. The number of hydrogen-bond donors (Lipinski definition) is 2. The molecule has 0 saturated carbocycles. The van der Waals surface area contributed by atoms with Gasteiger partial charge in [-0.25, -0.2) is 4.79 Å². The van der Waals surface area contributed by atoms with Gasteiger partial charge < -0.3 is 10.2 Å². The molecule has 2 rings (SSSR count). The van der Waals surface area contributed by atoms with E-state index in [1.807, 2.05) is 42.6 Å². The number of aliphatic carboxylic acids is 2. The van der Waals surface area contributed by atoms with Gasteiger partial charge in [-0.3, -0.25) is 4.79 Å². The van der Waals surface area contributed by atoms with Crippen LogP contribution in [0.3, 0.4) is 0 Å². The average molecular weight is 302 g/mol. The Morgan fingerprint density at radius 1 is 1.10 bits per heavy atom. The highest BCUT2D eigenvalue weighted by molar-refractivity contribution is 7.11. The number of rotatable bonds is 5. The Morgan fingerprint density at radius 2 is 1.76 bits per heavy atom. The van der Waals surface area contributed by atoms with E-state index in [-0.39, 0.29) is 5.57 Å². The standard InChI is InChI=1S/C16H14O4S/c1-10-4-6-11(7-5-10)15(13-3-2-8-21-13)12(16(19)20)9-14(17)18/h2-8H,9H2,1H3,(H,17,18)(H,19,20)/b15-12+. The van der Waals surface area contributed by atoms with Crippen LogP contribution in [0.5, 0.6) is 0 Å². The molecular formula is C16H14O4S. The van der Waals surface area contributed by atoms with Gasteiger partial charge in [0.15, 0.2) is 0 Å². The highest BCUT2D eigenvalue weighted by Gasteiger charge is 2.21. The number of benzene rings is 1. The highest BCUT2D eigenvalue weighted by Crippen LogP contribution is 2.32. The molecule has 0 aliphatic rings. The number of thiophene rings is 1. The molecule has 21 heavy (non-hydrogen) atoms. The van der Waals surface area contributed by atoms with Gasteiger partial charge in [0.1, 0.15) is 0 Å². The molecular weight excluding hydrogens is 288 g/mol. The number of aryl methyl sites for hydroxylation is 1. The fraction of sp³-hybridized carbons (Fsp3) is 0.125. The lowest BCUT2D eigenvalue weighted by molar-refractivity contribution is -0.139. The maximum atomic E-state index is 11.5. The van der Waals surface area contributed by atoms with Crippen LogP contribution in [0.25, 0.3) is 5.57 Å². The third-order valence-corrected chi connectivity index (χ3v) is 3.88. The molecule has 0 atom stereocenters. The summed E-state index contributed by atoms with van der Waals surface area (Å²) in [5.74, 6) is -2.37. The summed E-state index contributed by atoms with van der Waals surface area (Å²) in [4.78, 5) is 23.2. The second kappa shape index (κ2) is 6.37. The van der Waals surface area contributed by atoms with Crippen molar-refractivity contribution in [3.63, 3.8) is 0 Å². The lowest BCUT2D eigenvalue weighted by atomic mass is 9.95. The molecule has 1 aromatic heterocycles. The molecule has 0 bridgehead atoms. The minimum Gasteiger partial charge on any atom is -0.481 e. The van der Waals surface area contributed by atoms with Crippen LogP contribution >= 0.6 is 11.3 Å². The Bertz CT molecular complexity index is 682. The van der Waals surface area contributed by atoms with E-state index in [1.165, 1.54) is 11.3 Å². The van der Waals surface area contributed by atoms with Crippen LogP contribution < -0.4 is 0 Å². The van der Waals surface area contributed by atoms with Gasteiger partial charge in [0, 0.05) is 10.5 Å². The Labute approximate surface area is 126 Å². The summed E-state index contributed by atoms with van der Waals surface area (Å²) in [6, 6.07) is 11.0. The zero-order valence-electron chi connectivity index (χ0n) is 11.4. The first-order valence-electron chi connectivity index (χ1n) is 6.28. The third-order valence-electron chi connectivity index (χ3n) is 3.00. The molecule has 0 saturated heterocycles. The van der Waals surface area contributed by atoms with Crippen LogP contribution in [0.15, 0.2) is 47.4 Å². The minimum absolute atomic E-state index is 0.103. The van der Waals surface area contributed by atoms with E-state index in [0.717, 1.165) is 10.4 Å². The monoisotopic (exact) mass is 302 g/mol. The number of hydrogen-bond acceptors (Lipinski definition) is 3. The van der Waals surface area contributed by atoms with Gasteiger partial charge >= 0.3 is 11.9 Å². The molecule has 2 aromatic rings. The first-order valence-corrected chi connectivity index (χ1v) is 7.16. The zero-order chi connectivity index (χ0) is 15.4. The van der Waals surface area contributed by atoms with Crippen molar-refractivity contribution in [2.24, 2.45) is 0 Å². The second-order valence-electron chi connectivity index (χ2n) is 4.57. The summed E-state index contributed by atoms with van der Waals surface area (Å²) in [5.41, 5.74) is 2.13. The summed E-state index contributed by atoms with van der Waals surface area (Å²) < 4.78 is 0. The summed E-state index contributed by atoms with van der Waals surface area (Å²) >= 11 is 1.39. The first kappa shape index (κ1) is 15.0. The number of carboxylic acid groups (broad SMARTS) is 2. The molecule has 0 unspecified atom stereocenters. The first-order chi connectivity index (χ1) is 9.99. The molecule has 0 fully saturated rings. The van der Waals surface area contributed by atoms with Crippen molar-refractivity contribution in [3.8, 4) is 0 Å². The molecule has 2 N–H and O–H groups in total. The molecule has 108 valence electrons. The van der Waals surface area contributed by atoms with Gasteiger partial charge in [-0.2, -0.15) is 0 Å². The summed E-state index contributed by atoms with van der Waals surface area (Å²) in [7, 11) is 0. The van der Waals surface area contributed by atoms with Crippen molar-refractivity contribution in [2.75, 3.05) is 0 Å². The molecule has 0 aliphatic heterocycles. The zero-order valence-corrected chi connectivity index (χ0v) is 12.2. The molecule has 0 aliphatic carbocycles. The van der Waals surface area contributed by atoms with Gasteiger partial charge in [0.2, 0.25) is 0 Å². The normalized spacial score (nSPS) is 11.9. The fourth-order valence-corrected chi connectivity index (χ4v) is 2.85. The van der Waals surface area contributed by atoms with Crippen molar-refractivity contribution < 1.29 is 19.8 Å². The van der Waals surface area contributed by atoms with Crippen LogP contribution in [0, 0.1) is 6.92 Å². The van der Waals surface area contributed by atoms with Crippen molar-refractivity contribution >= 4 is 28.8 Å². The van der Waals surface area contributed by atoms with Gasteiger partial charge in [-0.1, -0.05) is 35.9 Å². The maximum absolute atomic E-state index is 11.5.